The normalized spacial score (nSPS) is 10.3. The molecule has 0 aliphatic heterocycles. The van der Waals surface area contributed by atoms with E-state index in [1.54, 1.807) is 0 Å². The van der Waals surface area contributed by atoms with E-state index in [1.807, 2.05) is 0 Å². The van der Waals surface area contributed by atoms with Gasteiger partial charge in [-0.25, -0.2) is 8.78 Å². The fourth-order valence-corrected chi connectivity index (χ4v) is 1.55. The summed E-state index contributed by atoms with van der Waals surface area (Å²) in [5, 5.41) is 0. The number of hydrogen-bond acceptors (Lipinski definition) is 3. The Kier molecular flexibility index (Phi) is 4.02. The van der Waals surface area contributed by atoms with Crippen molar-refractivity contribution < 1.29 is 31.9 Å². The summed E-state index contributed by atoms with van der Waals surface area (Å²) in [6.07, 6.45) is 0.197. The van der Waals surface area contributed by atoms with E-state index >= 15 is 0 Å². The summed E-state index contributed by atoms with van der Waals surface area (Å²) in [7, 11) is 0. The molecule has 0 atom stereocenters. The van der Waals surface area contributed by atoms with Crippen LogP contribution in [0.25, 0.3) is 0 Å². The minimum absolute atomic E-state index is 0.143. The van der Waals surface area contributed by atoms with Gasteiger partial charge in [0.1, 0.15) is 12.0 Å². The molecule has 0 saturated heterocycles. The molecule has 0 bridgehead atoms. The Hall–Kier alpha value is -2.70. The molecule has 0 spiro atoms. The molecule has 0 N–H and O–H groups in total. The van der Waals surface area contributed by atoms with Gasteiger partial charge in [-0.15, -0.1) is 0 Å². The van der Waals surface area contributed by atoms with Crippen LogP contribution in [0.2, 0.25) is 0 Å². The third-order valence-corrected chi connectivity index (χ3v) is 2.61. The van der Waals surface area contributed by atoms with Crippen molar-refractivity contribution in [2.45, 2.75) is 0 Å². The maximum Gasteiger partial charge on any atom is 0.205 e. The molecule has 0 radical (unpaired) electrons. The van der Waals surface area contributed by atoms with Crippen LogP contribution in [0.3, 0.4) is 0 Å². The molecule has 0 amide bonds. The average molecular weight is 298 g/mol. The van der Waals surface area contributed by atoms with Crippen LogP contribution >= 0.6 is 0 Å². The molecule has 0 aliphatic carbocycles. The van der Waals surface area contributed by atoms with Crippen LogP contribution in [-0.2, 0) is 0 Å². The largest absolute Gasteiger partial charge is 0.451 e. The topological polar surface area (TPSA) is 43.4 Å². The van der Waals surface area contributed by atoms with Gasteiger partial charge >= 0.3 is 0 Å². The molecule has 3 nitrogen and oxygen atoms in total. The number of halogens is 4. The Morgan fingerprint density at radius 2 is 1.29 bits per heavy atom. The minimum Gasteiger partial charge on any atom is -0.451 e. The molecule has 0 saturated carbocycles. The number of carbonyl (C=O) groups is 2. The van der Waals surface area contributed by atoms with Crippen LogP contribution in [0.15, 0.2) is 24.3 Å². The fraction of sp³-hybridized carbons (Fsp3) is 0. The summed E-state index contributed by atoms with van der Waals surface area (Å²) in [5.41, 5.74) is -1.08. The fourth-order valence-electron chi connectivity index (χ4n) is 1.55. The van der Waals surface area contributed by atoms with Gasteiger partial charge in [-0.1, -0.05) is 0 Å². The van der Waals surface area contributed by atoms with Gasteiger partial charge < -0.3 is 4.74 Å². The van der Waals surface area contributed by atoms with Gasteiger partial charge in [0.2, 0.25) is 17.4 Å². The summed E-state index contributed by atoms with van der Waals surface area (Å²) >= 11 is 0. The highest BCUT2D eigenvalue weighted by Crippen LogP contribution is 2.32. The highest BCUT2D eigenvalue weighted by Gasteiger charge is 2.26. The molecule has 7 heteroatoms. The zero-order valence-corrected chi connectivity index (χ0v) is 10.2. The second-order valence-electron chi connectivity index (χ2n) is 3.91. The molecule has 21 heavy (non-hydrogen) atoms. The Morgan fingerprint density at radius 3 is 1.71 bits per heavy atom. The molecule has 2 aromatic rings. The first-order valence-electron chi connectivity index (χ1n) is 5.53. The number of benzene rings is 2. The van der Waals surface area contributed by atoms with Gasteiger partial charge in [0.15, 0.2) is 17.9 Å². The molecule has 2 rings (SSSR count). The first-order valence-corrected chi connectivity index (χ1v) is 5.53. The smallest absolute Gasteiger partial charge is 0.205 e. The zero-order chi connectivity index (χ0) is 15.6. The van der Waals surface area contributed by atoms with E-state index in [0.717, 1.165) is 0 Å². The first kappa shape index (κ1) is 14.7. The predicted molar refractivity (Wildman–Crippen MR) is 63.6 cm³/mol. The van der Waals surface area contributed by atoms with E-state index in [-0.39, 0.29) is 17.6 Å². The van der Waals surface area contributed by atoms with Crippen LogP contribution in [0.5, 0.6) is 11.5 Å². The zero-order valence-electron chi connectivity index (χ0n) is 10.2. The second-order valence-corrected chi connectivity index (χ2v) is 3.91. The Bertz CT molecular complexity index is 682. The first-order chi connectivity index (χ1) is 9.99. The summed E-state index contributed by atoms with van der Waals surface area (Å²) in [5.74, 6) is -8.79. The maximum atomic E-state index is 13.6. The summed E-state index contributed by atoms with van der Waals surface area (Å²) in [4.78, 5) is 20.9. The van der Waals surface area contributed by atoms with Crippen LogP contribution in [0.4, 0.5) is 17.6 Å². The summed E-state index contributed by atoms with van der Waals surface area (Å²) in [6, 6.07) is 4.94. The van der Waals surface area contributed by atoms with Crippen molar-refractivity contribution in [3.63, 3.8) is 0 Å². The number of carbonyl (C=O) groups excluding carboxylic acids is 2. The highest BCUT2D eigenvalue weighted by atomic mass is 19.2. The molecular weight excluding hydrogens is 292 g/mol. The van der Waals surface area contributed by atoms with E-state index < -0.39 is 34.6 Å². The minimum atomic E-state index is -1.84. The monoisotopic (exact) mass is 298 g/mol. The second kappa shape index (κ2) is 5.74. The van der Waals surface area contributed by atoms with Gasteiger partial charge in [-0.2, -0.15) is 8.78 Å². The molecule has 0 aromatic heterocycles. The van der Waals surface area contributed by atoms with Gasteiger partial charge in [0, 0.05) is 5.56 Å². The van der Waals surface area contributed by atoms with E-state index in [1.165, 1.54) is 24.3 Å². The molecule has 0 aliphatic rings. The molecular formula is C14H6F4O3. The predicted octanol–water partition coefficient (Wildman–Crippen LogP) is 3.66. The lowest BCUT2D eigenvalue weighted by atomic mass is 10.2. The van der Waals surface area contributed by atoms with Crippen LogP contribution in [-0.4, -0.2) is 12.6 Å². The molecule has 0 fully saturated rings. The van der Waals surface area contributed by atoms with Gasteiger partial charge in [0.05, 0.1) is 5.56 Å². The Labute approximate surface area is 115 Å². The Morgan fingerprint density at radius 1 is 0.762 bits per heavy atom. The van der Waals surface area contributed by atoms with Crippen LogP contribution < -0.4 is 4.74 Å². The average Bonchev–Trinajstić information content (AvgIpc) is 2.51. The molecule has 108 valence electrons. The van der Waals surface area contributed by atoms with Crippen molar-refractivity contribution in [1.82, 2.24) is 0 Å². The van der Waals surface area contributed by atoms with Crippen LogP contribution in [0, 0.1) is 23.3 Å². The van der Waals surface area contributed by atoms with Gasteiger partial charge in [-0.3, -0.25) is 9.59 Å². The third kappa shape index (κ3) is 2.62. The van der Waals surface area contributed by atoms with Crippen LogP contribution in [0.1, 0.15) is 20.7 Å². The van der Waals surface area contributed by atoms with Crippen molar-refractivity contribution in [3.05, 3.63) is 58.7 Å². The lowest BCUT2D eigenvalue weighted by Gasteiger charge is -2.10. The van der Waals surface area contributed by atoms with Crippen molar-refractivity contribution in [2.75, 3.05) is 0 Å². The number of hydrogen-bond donors (Lipinski definition) is 0. The van der Waals surface area contributed by atoms with Gasteiger partial charge in [0.25, 0.3) is 0 Å². The van der Waals surface area contributed by atoms with E-state index in [0.29, 0.717) is 6.29 Å². The van der Waals surface area contributed by atoms with Crippen molar-refractivity contribution in [2.24, 2.45) is 0 Å². The maximum absolute atomic E-state index is 13.6. The Balaban J connectivity index is 2.48. The van der Waals surface area contributed by atoms with Crippen molar-refractivity contribution in [1.29, 1.82) is 0 Å². The van der Waals surface area contributed by atoms with E-state index in [9.17, 15) is 27.2 Å². The lowest BCUT2D eigenvalue weighted by Crippen LogP contribution is -2.05. The third-order valence-electron chi connectivity index (χ3n) is 2.61. The van der Waals surface area contributed by atoms with Crippen molar-refractivity contribution in [3.8, 4) is 11.5 Å². The molecule has 0 unspecified atom stereocenters. The van der Waals surface area contributed by atoms with E-state index in [2.05, 4.69) is 0 Å². The summed E-state index contributed by atoms with van der Waals surface area (Å²) < 4.78 is 58.7. The summed E-state index contributed by atoms with van der Waals surface area (Å²) in [6.45, 7) is 0. The number of rotatable bonds is 4. The number of ether oxygens (including phenoxy) is 1. The number of aldehydes is 2. The SMILES string of the molecule is O=Cc1ccc(Oc2c(F)c(F)c(C=O)c(F)c2F)cc1. The lowest BCUT2D eigenvalue weighted by molar-refractivity contribution is 0.110. The molecule has 2 aromatic carbocycles. The van der Waals surface area contributed by atoms with Gasteiger partial charge in [-0.05, 0) is 24.3 Å². The molecule has 0 heterocycles. The van der Waals surface area contributed by atoms with Crippen molar-refractivity contribution >= 4 is 12.6 Å². The van der Waals surface area contributed by atoms with E-state index in [4.69, 9.17) is 4.74 Å². The quantitative estimate of drug-likeness (QED) is 0.491. The highest BCUT2D eigenvalue weighted by molar-refractivity contribution is 5.76. The standard InChI is InChI=1S/C14H6F4O3/c15-10-9(6-20)11(16)13(18)14(12(10)17)21-8-3-1-7(5-19)2-4-8/h1-6H.